The Morgan fingerprint density at radius 1 is 1.32 bits per heavy atom. The summed E-state index contributed by atoms with van der Waals surface area (Å²) in [6.07, 6.45) is 2.93. The highest BCUT2D eigenvalue weighted by Gasteiger charge is 2.71. The van der Waals surface area contributed by atoms with Crippen molar-refractivity contribution in [3.63, 3.8) is 0 Å². The van der Waals surface area contributed by atoms with Crippen molar-refractivity contribution in [2.24, 2.45) is 11.3 Å². The Morgan fingerprint density at radius 3 is 2.32 bits per heavy atom. The van der Waals surface area contributed by atoms with E-state index in [-0.39, 0.29) is 24.8 Å². The van der Waals surface area contributed by atoms with E-state index in [1.807, 2.05) is 4.90 Å². The Balaban J connectivity index is 1.84. The van der Waals surface area contributed by atoms with Gasteiger partial charge in [0, 0.05) is 25.3 Å². The van der Waals surface area contributed by atoms with Crippen LogP contribution in [0.15, 0.2) is 0 Å². The Kier molecular flexibility index (Phi) is 2.88. The fraction of sp³-hybridized carbons (Fsp3) is 1.00. The zero-order valence-electron chi connectivity index (χ0n) is 11.2. The van der Waals surface area contributed by atoms with Crippen molar-refractivity contribution in [3.05, 3.63) is 0 Å². The van der Waals surface area contributed by atoms with Gasteiger partial charge in [-0.25, -0.2) is 8.78 Å². The summed E-state index contributed by atoms with van der Waals surface area (Å²) in [4.78, 5) is 1.89. The van der Waals surface area contributed by atoms with Gasteiger partial charge in [-0.3, -0.25) is 4.90 Å². The van der Waals surface area contributed by atoms with Crippen LogP contribution >= 0.6 is 9.24 Å². The molecule has 3 nitrogen and oxygen atoms in total. The molecular weight excluding hydrogens is 271 g/mol. The molecule has 2 N–H and O–H groups in total. The standard InChI is InChI=1S/C13H22F2NO2P/c1-2-12(17,18)13(19)10(3-4-10)5-6-16(13)8-9-7-11(9,14)15/h9,17-18H,2-8,19H2,1H3. The van der Waals surface area contributed by atoms with E-state index in [4.69, 9.17) is 0 Å². The average molecular weight is 293 g/mol. The second-order valence-electron chi connectivity index (χ2n) is 6.57. The van der Waals surface area contributed by atoms with E-state index in [0.29, 0.717) is 6.54 Å². The van der Waals surface area contributed by atoms with Gasteiger partial charge >= 0.3 is 0 Å². The SMILES string of the molecule is CCC(O)(O)C1(P)N(CC2CC2(F)F)CCC12CC2. The third-order valence-corrected chi connectivity index (χ3v) is 6.96. The highest BCUT2D eigenvalue weighted by atomic mass is 31.0. The molecule has 3 rings (SSSR count). The summed E-state index contributed by atoms with van der Waals surface area (Å²) < 4.78 is 26.3. The molecule has 1 saturated heterocycles. The lowest BCUT2D eigenvalue weighted by atomic mass is 9.87. The molecule has 3 atom stereocenters. The van der Waals surface area contributed by atoms with E-state index in [9.17, 15) is 19.0 Å². The van der Waals surface area contributed by atoms with Gasteiger partial charge in [0.2, 0.25) is 0 Å². The summed E-state index contributed by atoms with van der Waals surface area (Å²) in [5.74, 6) is -5.01. The molecule has 3 aliphatic rings. The van der Waals surface area contributed by atoms with Gasteiger partial charge in [0.1, 0.15) is 0 Å². The van der Waals surface area contributed by atoms with Crippen LogP contribution in [0, 0.1) is 11.3 Å². The smallest absolute Gasteiger partial charge is 0.252 e. The largest absolute Gasteiger partial charge is 0.364 e. The average Bonchev–Trinajstić information content (AvgIpc) is 3.19. The van der Waals surface area contributed by atoms with Gasteiger partial charge in [-0.15, -0.1) is 9.24 Å². The summed E-state index contributed by atoms with van der Waals surface area (Å²) in [5, 5.41) is 19.9. The third-order valence-electron chi connectivity index (χ3n) is 5.52. The number of halogens is 2. The Hall–Kier alpha value is 0.170. The molecule has 3 unspecified atom stereocenters. The van der Waals surface area contributed by atoms with Gasteiger partial charge in [-0.1, -0.05) is 6.92 Å². The predicted octanol–water partition coefficient (Wildman–Crippen LogP) is 1.79. The van der Waals surface area contributed by atoms with Crippen molar-refractivity contribution in [3.8, 4) is 0 Å². The number of hydrogen-bond acceptors (Lipinski definition) is 3. The van der Waals surface area contributed by atoms with Crippen molar-refractivity contribution in [1.82, 2.24) is 4.90 Å². The molecule has 0 aromatic rings. The van der Waals surface area contributed by atoms with Crippen LogP contribution in [0.2, 0.25) is 0 Å². The molecule has 6 heteroatoms. The van der Waals surface area contributed by atoms with Gasteiger partial charge in [-0.2, -0.15) is 0 Å². The molecule has 0 amide bonds. The number of alkyl halides is 2. The molecule has 110 valence electrons. The van der Waals surface area contributed by atoms with Crippen molar-refractivity contribution >= 4 is 9.24 Å². The second kappa shape index (κ2) is 3.88. The first-order valence-corrected chi connectivity index (χ1v) is 7.63. The third kappa shape index (κ3) is 1.81. The van der Waals surface area contributed by atoms with Crippen molar-refractivity contribution in [2.75, 3.05) is 13.1 Å². The van der Waals surface area contributed by atoms with Gasteiger partial charge in [0.25, 0.3) is 5.92 Å². The molecule has 1 spiro atoms. The molecule has 0 aromatic heterocycles. The van der Waals surface area contributed by atoms with E-state index < -0.39 is 22.9 Å². The first-order valence-electron chi connectivity index (χ1n) is 7.05. The highest BCUT2D eigenvalue weighted by Crippen LogP contribution is 2.69. The quantitative estimate of drug-likeness (QED) is 0.613. The van der Waals surface area contributed by atoms with Crippen LogP contribution in [0.3, 0.4) is 0 Å². The van der Waals surface area contributed by atoms with Crippen LogP contribution in [0.4, 0.5) is 8.78 Å². The molecule has 1 aliphatic heterocycles. The maximum atomic E-state index is 13.1. The molecule has 0 radical (unpaired) electrons. The van der Waals surface area contributed by atoms with Gasteiger partial charge in [0.05, 0.1) is 5.28 Å². The van der Waals surface area contributed by atoms with Crippen LogP contribution in [0.25, 0.3) is 0 Å². The summed E-state index contributed by atoms with van der Waals surface area (Å²) in [7, 11) is 2.61. The molecule has 0 aromatic carbocycles. The number of aliphatic hydroxyl groups is 2. The molecular formula is C13H22F2NO2P. The summed E-state index contributed by atoms with van der Waals surface area (Å²) >= 11 is 0. The van der Waals surface area contributed by atoms with E-state index in [1.54, 1.807) is 6.92 Å². The van der Waals surface area contributed by atoms with Gasteiger partial charge in [-0.05, 0) is 31.2 Å². The number of likely N-dealkylation sites (tertiary alicyclic amines) is 1. The van der Waals surface area contributed by atoms with Crippen LogP contribution in [0.1, 0.15) is 39.0 Å². The zero-order chi connectivity index (χ0) is 14.1. The molecule has 19 heavy (non-hydrogen) atoms. The zero-order valence-corrected chi connectivity index (χ0v) is 12.4. The van der Waals surface area contributed by atoms with Crippen molar-refractivity contribution in [2.45, 2.75) is 56.0 Å². The predicted molar refractivity (Wildman–Crippen MR) is 70.8 cm³/mol. The molecule has 0 bridgehead atoms. The maximum Gasteiger partial charge on any atom is 0.252 e. The molecule has 2 aliphatic carbocycles. The molecule has 1 heterocycles. The monoisotopic (exact) mass is 293 g/mol. The number of rotatable bonds is 4. The fourth-order valence-electron chi connectivity index (χ4n) is 3.75. The van der Waals surface area contributed by atoms with Crippen molar-refractivity contribution < 1.29 is 19.0 Å². The summed E-state index contributed by atoms with van der Waals surface area (Å²) in [5.41, 5.74) is -0.110. The van der Waals surface area contributed by atoms with Gasteiger partial charge in [0.15, 0.2) is 5.79 Å². The van der Waals surface area contributed by atoms with Crippen molar-refractivity contribution in [1.29, 1.82) is 0 Å². The lowest BCUT2D eigenvalue weighted by Gasteiger charge is -2.48. The van der Waals surface area contributed by atoms with Crippen LogP contribution < -0.4 is 0 Å². The Morgan fingerprint density at radius 2 is 1.89 bits per heavy atom. The minimum Gasteiger partial charge on any atom is -0.364 e. The number of nitrogens with zero attached hydrogens (tertiary/aromatic N) is 1. The normalized spacial score (nSPS) is 39.8. The van der Waals surface area contributed by atoms with E-state index >= 15 is 0 Å². The minimum atomic E-state index is -2.55. The first-order chi connectivity index (χ1) is 8.69. The van der Waals surface area contributed by atoms with Crippen LogP contribution in [-0.2, 0) is 0 Å². The lowest BCUT2D eigenvalue weighted by Crippen LogP contribution is -2.61. The Bertz CT molecular complexity index is 400. The molecule has 3 fully saturated rings. The van der Waals surface area contributed by atoms with Crippen LogP contribution in [-0.4, -0.2) is 45.2 Å². The fourth-order valence-corrected chi connectivity index (χ4v) is 4.62. The second-order valence-corrected chi connectivity index (χ2v) is 7.41. The summed E-state index contributed by atoms with van der Waals surface area (Å²) in [6.45, 7) is 2.67. The summed E-state index contributed by atoms with van der Waals surface area (Å²) in [6, 6.07) is 0. The highest BCUT2D eigenvalue weighted by molar-refractivity contribution is 7.19. The van der Waals surface area contributed by atoms with Gasteiger partial charge < -0.3 is 10.2 Å². The van der Waals surface area contributed by atoms with E-state index in [0.717, 1.165) is 19.3 Å². The Labute approximate surface area is 114 Å². The van der Waals surface area contributed by atoms with E-state index in [1.165, 1.54) is 0 Å². The minimum absolute atomic E-state index is 0.0623. The maximum absolute atomic E-state index is 13.1. The van der Waals surface area contributed by atoms with E-state index in [2.05, 4.69) is 9.24 Å². The molecule has 2 saturated carbocycles. The topological polar surface area (TPSA) is 43.7 Å². The number of hydrogen-bond donors (Lipinski definition) is 2. The first kappa shape index (κ1) is 14.1. The lowest BCUT2D eigenvalue weighted by molar-refractivity contribution is -0.227. The van der Waals surface area contributed by atoms with Crippen LogP contribution in [0.5, 0.6) is 0 Å².